The fourth-order valence-electron chi connectivity index (χ4n) is 7.43. The Morgan fingerprint density at radius 1 is 0.308 bits per heavy atom. The summed E-state index contributed by atoms with van der Waals surface area (Å²) in [6, 6.07) is 59.5. The molecule has 0 aliphatic rings. The van der Waals surface area contributed by atoms with Gasteiger partial charge in [0.1, 0.15) is 0 Å². The summed E-state index contributed by atoms with van der Waals surface area (Å²) in [6.07, 6.45) is 3.87. The summed E-state index contributed by atoms with van der Waals surface area (Å²) in [5.74, 6) is 1.88. The van der Waals surface area contributed by atoms with Crippen LogP contribution in [0, 0.1) is 0 Å². The lowest BCUT2D eigenvalue weighted by atomic mass is 9.90. The first-order chi connectivity index (χ1) is 25.8. The normalized spacial score (nSPS) is 11.5. The SMILES string of the molecule is c1ccc(-c2ccc(-c3nc(-c4ccc5ccccc5c4)nc(-c4ccccc4-c4cc5ccc6ccccc6c5c5cnccc45)n3)cc2)cc1. The summed E-state index contributed by atoms with van der Waals surface area (Å²) in [4.78, 5) is 20.1. The van der Waals surface area contributed by atoms with E-state index in [2.05, 4.69) is 169 Å². The summed E-state index contributed by atoms with van der Waals surface area (Å²) >= 11 is 0. The van der Waals surface area contributed by atoms with Crippen molar-refractivity contribution in [1.29, 1.82) is 0 Å². The van der Waals surface area contributed by atoms with Gasteiger partial charge in [0.25, 0.3) is 0 Å². The van der Waals surface area contributed by atoms with Crippen molar-refractivity contribution in [3.8, 4) is 56.4 Å². The summed E-state index contributed by atoms with van der Waals surface area (Å²) in [5.41, 5.74) is 7.28. The van der Waals surface area contributed by atoms with Gasteiger partial charge < -0.3 is 0 Å². The van der Waals surface area contributed by atoms with Crippen molar-refractivity contribution < 1.29 is 0 Å². The quantitative estimate of drug-likeness (QED) is 0.172. The van der Waals surface area contributed by atoms with E-state index in [1.807, 2.05) is 18.5 Å². The first-order valence-corrected chi connectivity index (χ1v) is 17.5. The van der Waals surface area contributed by atoms with E-state index < -0.39 is 0 Å². The summed E-state index contributed by atoms with van der Waals surface area (Å²) in [5, 5.41) is 9.37. The van der Waals surface area contributed by atoms with Crippen molar-refractivity contribution in [3.05, 3.63) is 182 Å². The molecule has 0 unspecified atom stereocenters. The second-order valence-corrected chi connectivity index (χ2v) is 13.1. The zero-order valence-corrected chi connectivity index (χ0v) is 28.1. The molecule has 0 aliphatic heterocycles. The molecule has 10 aromatic rings. The van der Waals surface area contributed by atoms with Crippen molar-refractivity contribution in [2.75, 3.05) is 0 Å². The van der Waals surface area contributed by atoms with Crippen LogP contribution in [0.2, 0.25) is 0 Å². The number of rotatable bonds is 5. The Bertz CT molecular complexity index is 2950. The van der Waals surface area contributed by atoms with Gasteiger partial charge in [-0.1, -0.05) is 152 Å². The van der Waals surface area contributed by atoms with E-state index in [1.165, 1.54) is 27.1 Å². The average molecular weight is 663 g/mol. The molecule has 2 aromatic heterocycles. The van der Waals surface area contributed by atoms with Crippen LogP contribution < -0.4 is 0 Å². The minimum Gasteiger partial charge on any atom is -0.264 e. The van der Waals surface area contributed by atoms with Gasteiger partial charge in [-0.15, -0.1) is 0 Å². The van der Waals surface area contributed by atoms with Crippen molar-refractivity contribution >= 4 is 43.1 Å². The Morgan fingerprint density at radius 2 is 0.904 bits per heavy atom. The van der Waals surface area contributed by atoms with Crippen LogP contribution in [0.3, 0.4) is 0 Å². The molecular weight excluding hydrogens is 633 g/mol. The van der Waals surface area contributed by atoms with Gasteiger partial charge in [-0.05, 0) is 78.2 Å². The fraction of sp³-hybridized carbons (Fsp3) is 0. The van der Waals surface area contributed by atoms with E-state index in [0.717, 1.165) is 54.9 Å². The average Bonchev–Trinajstić information content (AvgIpc) is 3.23. The Kier molecular flexibility index (Phi) is 7.10. The molecule has 242 valence electrons. The number of aromatic nitrogens is 4. The Hall–Kier alpha value is -7.04. The molecule has 0 aliphatic carbocycles. The molecule has 0 amide bonds. The summed E-state index contributed by atoms with van der Waals surface area (Å²) in [6.45, 7) is 0. The van der Waals surface area contributed by atoms with Gasteiger partial charge in [-0.2, -0.15) is 0 Å². The Balaban J connectivity index is 1.19. The summed E-state index contributed by atoms with van der Waals surface area (Å²) < 4.78 is 0. The standard InChI is InChI=1S/C48H30N4/c1-2-10-31(11-3-1)33-18-22-35(23-19-33)46-50-47(38-25-20-32-12-4-5-14-36(32)28-38)52-48(51-46)42-17-9-8-16-40(42)43-29-37-24-21-34-13-6-7-15-39(34)45(37)44-30-49-27-26-41(43)44/h1-30H. The van der Waals surface area contributed by atoms with Crippen LogP contribution in [0.4, 0.5) is 0 Å². The van der Waals surface area contributed by atoms with Crippen LogP contribution in [-0.2, 0) is 0 Å². The van der Waals surface area contributed by atoms with E-state index in [0.29, 0.717) is 17.5 Å². The molecule has 0 saturated carbocycles. The van der Waals surface area contributed by atoms with E-state index in [9.17, 15) is 0 Å². The second-order valence-electron chi connectivity index (χ2n) is 13.1. The van der Waals surface area contributed by atoms with Gasteiger partial charge in [0, 0.05) is 34.5 Å². The molecule has 0 radical (unpaired) electrons. The van der Waals surface area contributed by atoms with Gasteiger partial charge in [-0.25, -0.2) is 15.0 Å². The molecule has 0 fully saturated rings. The molecule has 8 aromatic carbocycles. The smallest absolute Gasteiger partial charge is 0.164 e. The molecule has 4 heteroatoms. The molecular formula is C48H30N4. The topological polar surface area (TPSA) is 51.6 Å². The third-order valence-corrected chi connectivity index (χ3v) is 9.99. The molecule has 2 heterocycles. The number of hydrogen-bond donors (Lipinski definition) is 0. The van der Waals surface area contributed by atoms with Crippen LogP contribution in [0.1, 0.15) is 0 Å². The van der Waals surface area contributed by atoms with Gasteiger partial charge in [0.2, 0.25) is 0 Å². The molecule has 0 bridgehead atoms. The van der Waals surface area contributed by atoms with E-state index in [-0.39, 0.29) is 0 Å². The summed E-state index contributed by atoms with van der Waals surface area (Å²) in [7, 11) is 0. The van der Waals surface area contributed by atoms with Gasteiger partial charge in [-0.3, -0.25) is 4.98 Å². The fourth-order valence-corrected chi connectivity index (χ4v) is 7.43. The van der Waals surface area contributed by atoms with Crippen LogP contribution in [0.5, 0.6) is 0 Å². The Labute approximate surface area is 300 Å². The second kappa shape index (κ2) is 12.4. The third-order valence-electron chi connectivity index (χ3n) is 9.99. The van der Waals surface area contributed by atoms with Crippen LogP contribution >= 0.6 is 0 Å². The first-order valence-electron chi connectivity index (χ1n) is 17.5. The van der Waals surface area contributed by atoms with Gasteiger partial charge >= 0.3 is 0 Å². The highest BCUT2D eigenvalue weighted by atomic mass is 15.0. The molecule has 10 rings (SSSR count). The van der Waals surface area contributed by atoms with Crippen LogP contribution in [0.15, 0.2) is 182 Å². The lowest BCUT2D eigenvalue weighted by Crippen LogP contribution is -2.01. The van der Waals surface area contributed by atoms with E-state index in [1.54, 1.807) is 0 Å². The predicted molar refractivity (Wildman–Crippen MR) is 215 cm³/mol. The monoisotopic (exact) mass is 662 g/mol. The minimum atomic E-state index is 0.622. The van der Waals surface area contributed by atoms with Crippen molar-refractivity contribution in [3.63, 3.8) is 0 Å². The van der Waals surface area contributed by atoms with Crippen molar-refractivity contribution in [2.24, 2.45) is 0 Å². The maximum Gasteiger partial charge on any atom is 0.164 e. The molecule has 0 N–H and O–H groups in total. The lowest BCUT2D eigenvalue weighted by molar-refractivity contribution is 1.07. The lowest BCUT2D eigenvalue weighted by Gasteiger charge is -2.16. The maximum atomic E-state index is 5.21. The molecule has 0 spiro atoms. The van der Waals surface area contributed by atoms with Crippen LogP contribution in [-0.4, -0.2) is 19.9 Å². The zero-order chi connectivity index (χ0) is 34.4. The zero-order valence-electron chi connectivity index (χ0n) is 28.1. The molecule has 4 nitrogen and oxygen atoms in total. The van der Waals surface area contributed by atoms with Crippen molar-refractivity contribution in [1.82, 2.24) is 19.9 Å². The highest BCUT2D eigenvalue weighted by Crippen LogP contribution is 2.41. The van der Waals surface area contributed by atoms with Crippen molar-refractivity contribution in [2.45, 2.75) is 0 Å². The first kappa shape index (κ1) is 29.8. The predicted octanol–water partition coefficient (Wildman–Crippen LogP) is 12.2. The minimum absolute atomic E-state index is 0.622. The molecule has 0 atom stereocenters. The highest BCUT2D eigenvalue weighted by molar-refractivity contribution is 6.23. The third kappa shape index (κ3) is 5.17. The van der Waals surface area contributed by atoms with Gasteiger partial charge in [0.05, 0.1) is 0 Å². The number of benzene rings is 8. The number of pyridine rings is 1. The number of fused-ring (bicyclic) bond motifs is 6. The maximum absolute atomic E-state index is 5.21. The van der Waals surface area contributed by atoms with Gasteiger partial charge in [0.15, 0.2) is 17.5 Å². The molecule has 0 saturated heterocycles. The van der Waals surface area contributed by atoms with E-state index in [4.69, 9.17) is 15.0 Å². The number of hydrogen-bond acceptors (Lipinski definition) is 4. The Morgan fingerprint density at radius 3 is 1.75 bits per heavy atom. The largest absolute Gasteiger partial charge is 0.264 e. The molecule has 52 heavy (non-hydrogen) atoms. The number of nitrogens with zero attached hydrogens (tertiary/aromatic N) is 4. The highest BCUT2D eigenvalue weighted by Gasteiger charge is 2.19. The van der Waals surface area contributed by atoms with E-state index >= 15 is 0 Å². The van der Waals surface area contributed by atoms with Crippen LogP contribution in [0.25, 0.3) is 99.5 Å².